The van der Waals surface area contributed by atoms with Gasteiger partial charge in [0.05, 0.1) is 0 Å². The normalized spacial score (nSPS) is 10.2. The summed E-state index contributed by atoms with van der Waals surface area (Å²) in [6, 6.07) is 9.24. The van der Waals surface area contributed by atoms with Crippen LogP contribution in [0.2, 0.25) is 0 Å². The van der Waals surface area contributed by atoms with E-state index in [1.165, 1.54) is 0 Å². The number of hydrogen-bond acceptors (Lipinski definition) is 2. The molecule has 1 aromatic heterocycles. The summed E-state index contributed by atoms with van der Waals surface area (Å²) in [6.07, 6.45) is 1.61. The zero-order valence-corrected chi connectivity index (χ0v) is 6.82. The molecule has 0 atom stereocenters. The molecule has 1 heterocycles. The molecule has 0 aliphatic rings. The van der Waals surface area contributed by atoms with Crippen molar-refractivity contribution in [2.75, 3.05) is 0 Å². The number of carbonyl (C=O) groups excluding carboxylic acids is 1. The number of nitrogens with zero attached hydrogens (tertiary/aromatic N) is 1. The molecule has 0 fully saturated rings. The molecule has 1 amide bonds. The highest BCUT2D eigenvalue weighted by Gasteiger charge is 2.02. The topological polar surface area (TPSA) is 53.8 Å². The van der Waals surface area contributed by atoms with Crippen molar-refractivity contribution in [1.82, 2.24) is 10.7 Å². The van der Waals surface area contributed by atoms with Crippen molar-refractivity contribution in [3.8, 4) is 0 Å². The first-order chi connectivity index (χ1) is 6.27. The van der Waals surface area contributed by atoms with Crippen LogP contribution in [0.15, 0.2) is 36.5 Å². The molecule has 2 aromatic rings. The van der Waals surface area contributed by atoms with E-state index in [-0.39, 0.29) is 5.69 Å². The van der Waals surface area contributed by atoms with Crippen LogP contribution in [-0.4, -0.2) is 10.9 Å². The number of hydrogen-bond donors (Lipinski definition) is 0. The van der Waals surface area contributed by atoms with E-state index < -0.39 is 5.91 Å². The van der Waals surface area contributed by atoms with Gasteiger partial charge >= 0.3 is 0 Å². The van der Waals surface area contributed by atoms with E-state index >= 15 is 0 Å². The highest BCUT2D eigenvalue weighted by molar-refractivity contribution is 5.94. The van der Waals surface area contributed by atoms with Crippen molar-refractivity contribution < 1.29 is 4.79 Å². The van der Waals surface area contributed by atoms with E-state index in [0.29, 0.717) is 0 Å². The van der Waals surface area contributed by atoms with Gasteiger partial charge in [-0.25, -0.2) is 0 Å². The van der Waals surface area contributed by atoms with Gasteiger partial charge in [-0.3, -0.25) is 15.5 Å². The fraction of sp³-hybridized carbons (Fsp3) is 0. The second-order valence-corrected chi connectivity index (χ2v) is 2.75. The molecule has 13 heavy (non-hydrogen) atoms. The number of carbonyl (C=O) groups is 1. The van der Waals surface area contributed by atoms with E-state index in [9.17, 15) is 4.79 Å². The second-order valence-electron chi connectivity index (χ2n) is 2.75. The van der Waals surface area contributed by atoms with Crippen molar-refractivity contribution in [3.63, 3.8) is 0 Å². The van der Waals surface area contributed by atoms with Crippen LogP contribution in [0.3, 0.4) is 0 Å². The Morgan fingerprint density at radius 3 is 2.62 bits per heavy atom. The zero-order valence-electron chi connectivity index (χ0n) is 6.82. The van der Waals surface area contributed by atoms with Gasteiger partial charge in [0.2, 0.25) is 0 Å². The Morgan fingerprint density at radius 2 is 1.92 bits per heavy atom. The summed E-state index contributed by atoms with van der Waals surface area (Å²) in [5.41, 5.74) is 7.09. The fourth-order valence-electron chi connectivity index (χ4n) is 1.21. The predicted octanol–water partition coefficient (Wildman–Crippen LogP) is 1.66. The zero-order chi connectivity index (χ0) is 9.26. The Kier molecular flexibility index (Phi) is 1.70. The van der Waals surface area contributed by atoms with Gasteiger partial charge in [-0.1, -0.05) is 24.3 Å². The van der Waals surface area contributed by atoms with Crippen LogP contribution in [-0.2, 0) is 0 Å². The Balaban J connectivity index is 2.69. The van der Waals surface area contributed by atoms with E-state index in [2.05, 4.69) is 4.98 Å². The van der Waals surface area contributed by atoms with Crippen LogP contribution in [0.5, 0.6) is 0 Å². The largest absolute Gasteiger partial charge is 0.288 e. The van der Waals surface area contributed by atoms with Crippen LogP contribution >= 0.6 is 0 Å². The van der Waals surface area contributed by atoms with Crippen molar-refractivity contribution in [2.24, 2.45) is 0 Å². The second kappa shape index (κ2) is 2.86. The molecule has 0 saturated carbocycles. The summed E-state index contributed by atoms with van der Waals surface area (Å²) in [6.45, 7) is 0. The molecule has 0 aliphatic carbocycles. The summed E-state index contributed by atoms with van der Waals surface area (Å²) in [7, 11) is 0. The lowest BCUT2D eigenvalue weighted by molar-refractivity contribution is 0.0987. The van der Waals surface area contributed by atoms with Crippen molar-refractivity contribution >= 4 is 16.7 Å². The summed E-state index contributed by atoms with van der Waals surface area (Å²) in [5.74, 6) is -0.745. The average molecular weight is 171 g/mol. The van der Waals surface area contributed by atoms with Gasteiger partial charge in [0.25, 0.3) is 5.91 Å². The quantitative estimate of drug-likeness (QED) is 0.655. The fourth-order valence-corrected chi connectivity index (χ4v) is 1.21. The number of amides is 1. The number of fused-ring (bicyclic) bond motifs is 1. The van der Waals surface area contributed by atoms with Crippen LogP contribution in [0.25, 0.3) is 10.8 Å². The smallest absolute Gasteiger partial charge is 0.266 e. The maximum absolute atomic E-state index is 10.7. The number of aromatic nitrogens is 1. The predicted molar refractivity (Wildman–Crippen MR) is 49.2 cm³/mol. The summed E-state index contributed by atoms with van der Waals surface area (Å²) < 4.78 is 0. The lowest BCUT2D eigenvalue weighted by atomic mass is 10.1. The molecule has 0 unspecified atom stereocenters. The molecular weight excluding hydrogens is 164 g/mol. The van der Waals surface area contributed by atoms with E-state index in [1.807, 2.05) is 24.3 Å². The minimum atomic E-state index is -0.745. The van der Waals surface area contributed by atoms with Gasteiger partial charge in [0.15, 0.2) is 0 Å². The molecule has 3 nitrogen and oxygen atoms in total. The number of nitrogens with one attached hydrogen (secondary N) is 1. The number of benzene rings is 1. The van der Waals surface area contributed by atoms with Crippen molar-refractivity contribution in [1.29, 1.82) is 0 Å². The molecule has 0 aliphatic heterocycles. The molecule has 0 bridgehead atoms. The highest BCUT2D eigenvalue weighted by Crippen LogP contribution is 2.12. The SMILES string of the molecule is [NH]C(=O)c1cc2ccccc2cn1. The van der Waals surface area contributed by atoms with Crippen LogP contribution in [0, 0.1) is 0 Å². The first kappa shape index (κ1) is 7.73. The van der Waals surface area contributed by atoms with Gasteiger partial charge in [-0.2, -0.15) is 0 Å². The first-order valence-corrected chi connectivity index (χ1v) is 3.88. The van der Waals surface area contributed by atoms with Gasteiger partial charge in [0.1, 0.15) is 5.69 Å². The standard InChI is InChI=1S/C10H7N2O/c11-10(13)9-5-7-3-1-2-4-8(7)6-12-9/h1-6,11H. The average Bonchev–Trinajstić information content (AvgIpc) is 2.17. The van der Waals surface area contributed by atoms with Gasteiger partial charge in [0, 0.05) is 11.6 Å². The summed E-state index contributed by atoms with van der Waals surface area (Å²) in [5, 5.41) is 1.92. The monoisotopic (exact) mass is 171 g/mol. The molecule has 1 aromatic carbocycles. The maximum Gasteiger partial charge on any atom is 0.288 e. The third kappa shape index (κ3) is 1.36. The van der Waals surface area contributed by atoms with E-state index in [4.69, 9.17) is 5.73 Å². The minimum absolute atomic E-state index is 0.193. The van der Waals surface area contributed by atoms with Crippen LogP contribution in [0.1, 0.15) is 10.5 Å². The highest BCUT2D eigenvalue weighted by atomic mass is 16.1. The summed E-state index contributed by atoms with van der Waals surface area (Å²) >= 11 is 0. The minimum Gasteiger partial charge on any atom is -0.266 e. The Bertz CT molecular complexity index is 465. The summed E-state index contributed by atoms with van der Waals surface area (Å²) in [4.78, 5) is 14.6. The molecule has 3 heteroatoms. The maximum atomic E-state index is 10.7. The molecule has 63 valence electrons. The molecule has 1 radical (unpaired) electrons. The van der Waals surface area contributed by atoms with Crippen molar-refractivity contribution in [2.45, 2.75) is 0 Å². The van der Waals surface area contributed by atoms with Crippen LogP contribution in [0.4, 0.5) is 0 Å². The van der Waals surface area contributed by atoms with E-state index in [0.717, 1.165) is 10.8 Å². The molecule has 0 saturated heterocycles. The van der Waals surface area contributed by atoms with E-state index in [1.54, 1.807) is 12.3 Å². The third-order valence-electron chi connectivity index (χ3n) is 1.86. The van der Waals surface area contributed by atoms with Gasteiger partial charge in [-0.15, -0.1) is 0 Å². The number of rotatable bonds is 1. The number of pyridine rings is 1. The van der Waals surface area contributed by atoms with Gasteiger partial charge in [-0.05, 0) is 11.5 Å². The molecule has 0 spiro atoms. The Labute approximate surface area is 75.2 Å². The Hall–Kier alpha value is -1.90. The molecule has 2 rings (SSSR count). The molecule has 1 N–H and O–H groups in total. The lowest BCUT2D eigenvalue weighted by Gasteiger charge is -1.97. The third-order valence-corrected chi connectivity index (χ3v) is 1.86. The lowest BCUT2D eigenvalue weighted by Crippen LogP contribution is -2.01. The first-order valence-electron chi connectivity index (χ1n) is 3.88. The molecular formula is C10H7N2O. The van der Waals surface area contributed by atoms with Crippen molar-refractivity contribution in [3.05, 3.63) is 42.2 Å². The van der Waals surface area contributed by atoms with Gasteiger partial charge < -0.3 is 0 Å². The Morgan fingerprint density at radius 1 is 1.23 bits per heavy atom. The van der Waals surface area contributed by atoms with Crippen LogP contribution < -0.4 is 5.73 Å².